The van der Waals surface area contributed by atoms with Crippen LogP contribution in [0.5, 0.6) is 0 Å². The predicted octanol–water partition coefficient (Wildman–Crippen LogP) is 3.12. The Morgan fingerprint density at radius 1 is 1.38 bits per heavy atom. The lowest BCUT2D eigenvalue weighted by atomic mass is 9.87. The Kier molecular flexibility index (Phi) is 4.42. The fourth-order valence-electron chi connectivity index (χ4n) is 2.68. The van der Waals surface area contributed by atoms with Gasteiger partial charge in [-0.05, 0) is 50.1 Å². The molecule has 0 saturated heterocycles. The lowest BCUT2D eigenvalue weighted by Gasteiger charge is -2.25. The van der Waals surface area contributed by atoms with E-state index in [1.54, 1.807) is 11.3 Å². The largest absolute Gasteiger partial charge is 0.393 e. The average molecular weight is 324 g/mol. The second-order valence-corrected chi connectivity index (χ2v) is 7.25. The van der Waals surface area contributed by atoms with Crippen molar-refractivity contribution in [3.8, 4) is 10.6 Å². The van der Waals surface area contributed by atoms with Crippen molar-refractivity contribution < 1.29 is 5.11 Å². The van der Waals surface area contributed by atoms with Gasteiger partial charge in [0, 0.05) is 17.6 Å². The number of aryl methyl sites for hydroxylation is 1. The Hall–Kier alpha value is -1.18. The summed E-state index contributed by atoms with van der Waals surface area (Å²) in [6.07, 6.45) is 3.88. The molecule has 2 aromatic heterocycles. The Balaban J connectivity index is 1.69. The first-order chi connectivity index (χ1) is 10.1. The zero-order valence-electron chi connectivity index (χ0n) is 12.0. The van der Waals surface area contributed by atoms with Crippen molar-refractivity contribution in [2.45, 2.75) is 38.7 Å². The monoisotopic (exact) mass is 324 g/mol. The molecule has 3 rings (SSSR count). The Morgan fingerprint density at radius 3 is 2.81 bits per heavy atom. The van der Waals surface area contributed by atoms with Gasteiger partial charge in [0.2, 0.25) is 0 Å². The molecule has 4 N–H and O–H groups in total. The van der Waals surface area contributed by atoms with E-state index in [4.69, 9.17) is 5.73 Å². The number of nitrogens with one attached hydrogen (secondary N) is 1. The third-order valence-electron chi connectivity index (χ3n) is 3.92. The van der Waals surface area contributed by atoms with Gasteiger partial charge in [0.1, 0.15) is 15.8 Å². The molecular formula is C14H20N4OS2. The molecule has 0 unspecified atom stereocenters. The van der Waals surface area contributed by atoms with Crippen molar-refractivity contribution in [2.75, 3.05) is 17.6 Å². The fourth-order valence-corrected chi connectivity index (χ4v) is 4.33. The Bertz CT molecular complexity index is 602. The normalized spacial score (nSPS) is 22.4. The van der Waals surface area contributed by atoms with Crippen LogP contribution in [0.4, 0.5) is 10.8 Å². The molecule has 7 heteroatoms. The highest BCUT2D eigenvalue weighted by atomic mass is 32.1. The molecule has 1 saturated carbocycles. The lowest BCUT2D eigenvalue weighted by Crippen LogP contribution is -2.23. The topological polar surface area (TPSA) is 84.1 Å². The van der Waals surface area contributed by atoms with E-state index in [1.807, 2.05) is 12.3 Å². The van der Waals surface area contributed by atoms with Crippen molar-refractivity contribution in [2.24, 2.45) is 5.92 Å². The molecule has 0 aliphatic heterocycles. The smallest absolute Gasteiger partial charge is 0.149 e. The van der Waals surface area contributed by atoms with Crippen LogP contribution in [0, 0.1) is 12.8 Å². The zero-order chi connectivity index (χ0) is 14.8. The summed E-state index contributed by atoms with van der Waals surface area (Å²) in [6, 6.07) is 0. The number of aromatic nitrogens is 2. The predicted molar refractivity (Wildman–Crippen MR) is 88.8 cm³/mol. The molecular weight excluding hydrogens is 304 g/mol. The van der Waals surface area contributed by atoms with Crippen LogP contribution < -0.4 is 11.1 Å². The van der Waals surface area contributed by atoms with Gasteiger partial charge in [-0.3, -0.25) is 0 Å². The molecule has 2 heterocycles. The molecule has 2 aromatic rings. The number of aliphatic hydroxyl groups excluding tert-OH is 1. The number of hydrogen-bond acceptors (Lipinski definition) is 7. The molecule has 1 aliphatic carbocycles. The molecule has 1 fully saturated rings. The van der Waals surface area contributed by atoms with E-state index in [0.717, 1.165) is 53.5 Å². The Labute approximate surface area is 132 Å². The van der Waals surface area contributed by atoms with Crippen molar-refractivity contribution in [3.05, 3.63) is 11.1 Å². The third-order valence-corrected chi connectivity index (χ3v) is 5.72. The SMILES string of the molecule is Cc1csc(-c2c(N)nsc2NCC2CCC(O)CC2)n1. The van der Waals surface area contributed by atoms with E-state index in [2.05, 4.69) is 14.7 Å². The van der Waals surface area contributed by atoms with Crippen LogP contribution in [0.3, 0.4) is 0 Å². The standard InChI is InChI=1S/C14H20N4OS2/c1-8-7-20-14(17-8)11-12(15)18-21-13(11)16-6-9-2-4-10(19)5-3-9/h7,9-10,16,19H,2-6H2,1H3,(H2,15,18). The highest BCUT2D eigenvalue weighted by Crippen LogP contribution is 2.38. The number of nitrogens with two attached hydrogens (primary N) is 1. The molecule has 1 aliphatic rings. The van der Waals surface area contributed by atoms with E-state index < -0.39 is 0 Å². The van der Waals surface area contributed by atoms with Gasteiger partial charge < -0.3 is 16.2 Å². The maximum Gasteiger partial charge on any atom is 0.149 e. The van der Waals surface area contributed by atoms with E-state index in [1.165, 1.54) is 11.5 Å². The third kappa shape index (κ3) is 3.36. The summed E-state index contributed by atoms with van der Waals surface area (Å²) in [7, 11) is 0. The van der Waals surface area contributed by atoms with Gasteiger partial charge in [-0.1, -0.05) is 0 Å². The van der Waals surface area contributed by atoms with Crippen LogP contribution in [0.15, 0.2) is 5.38 Å². The molecule has 0 amide bonds. The van der Waals surface area contributed by atoms with E-state index in [-0.39, 0.29) is 6.10 Å². The number of nitrogen functional groups attached to an aromatic ring is 1. The van der Waals surface area contributed by atoms with Gasteiger partial charge >= 0.3 is 0 Å². The van der Waals surface area contributed by atoms with Crippen molar-refractivity contribution in [1.82, 2.24) is 9.36 Å². The molecule has 21 heavy (non-hydrogen) atoms. The lowest BCUT2D eigenvalue weighted by molar-refractivity contribution is 0.111. The van der Waals surface area contributed by atoms with Gasteiger partial charge in [0.15, 0.2) is 0 Å². The van der Waals surface area contributed by atoms with Crippen molar-refractivity contribution in [1.29, 1.82) is 0 Å². The number of rotatable bonds is 4. The first-order valence-electron chi connectivity index (χ1n) is 7.23. The summed E-state index contributed by atoms with van der Waals surface area (Å²) in [5.41, 5.74) is 7.95. The molecule has 0 spiro atoms. The van der Waals surface area contributed by atoms with Crippen LogP contribution in [0.25, 0.3) is 10.6 Å². The number of anilines is 2. The summed E-state index contributed by atoms with van der Waals surface area (Å²) in [6.45, 7) is 2.89. The number of nitrogens with zero attached hydrogens (tertiary/aromatic N) is 2. The van der Waals surface area contributed by atoms with E-state index in [9.17, 15) is 5.11 Å². The van der Waals surface area contributed by atoms with E-state index >= 15 is 0 Å². The quantitative estimate of drug-likeness (QED) is 0.805. The van der Waals surface area contributed by atoms with Gasteiger partial charge in [0.05, 0.1) is 11.7 Å². The number of aliphatic hydroxyl groups is 1. The first kappa shape index (κ1) is 14.7. The molecule has 0 aromatic carbocycles. The summed E-state index contributed by atoms with van der Waals surface area (Å²) in [5.74, 6) is 1.17. The second kappa shape index (κ2) is 6.29. The average Bonchev–Trinajstić information content (AvgIpc) is 3.04. The van der Waals surface area contributed by atoms with Crippen molar-refractivity contribution in [3.63, 3.8) is 0 Å². The van der Waals surface area contributed by atoms with Crippen LogP contribution >= 0.6 is 22.9 Å². The van der Waals surface area contributed by atoms with Gasteiger partial charge in [-0.2, -0.15) is 4.37 Å². The fraction of sp³-hybridized carbons (Fsp3) is 0.571. The second-order valence-electron chi connectivity index (χ2n) is 5.62. The van der Waals surface area contributed by atoms with Crippen LogP contribution in [0.2, 0.25) is 0 Å². The Morgan fingerprint density at radius 2 is 2.14 bits per heavy atom. The highest BCUT2D eigenvalue weighted by molar-refractivity contribution is 7.15. The van der Waals surface area contributed by atoms with Crippen LogP contribution in [0.1, 0.15) is 31.4 Å². The molecule has 0 radical (unpaired) electrons. The minimum atomic E-state index is -0.103. The molecule has 114 valence electrons. The minimum absolute atomic E-state index is 0.103. The summed E-state index contributed by atoms with van der Waals surface area (Å²) in [4.78, 5) is 4.51. The summed E-state index contributed by atoms with van der Waals surface area (Å²) >= 11 is 3.00. The summed E-state index contributed by atoms with van der Waals surface area (Å²) in [5, 5.41) is 17.0. The maximum absolute atomic E-state index is 9.56. The van der Waals surface area contributed by atoms with Gasteiger partial charge in [0.25, 0.3) is 0 Å². The maximum atomic E-state index is 9.56. The van der Waals surface area contributed by atoms with Crippen molar-refractivity contribution >= 4 is 33.7 Å². The summed E-state index contributed by atoms with van der Waals surface area (Å²) < 4.78 is 4.26. The number of thiazole rings is 1. The molecule has 0 bridgehead atoms. The van der Waals surface area contributed by atoms with E-state index in [0.29, 0.717) is 11.7 Å². The van der Waals surface area contributed by atoms with Gasteiger partial charge in [-0.25, -0.2) is 4.98 Å². The number of hydrogen-bond donors (Lipinski definition) is 3. The highest BCUT2D eigenvalue weighted by Gasteiger charge is 2.21. The minimum Gasteiger partial charge on any atom is -0.393 e. The van der Waals surface area contributed by atoms with Crippen LogP contribution in [-0.4, -0.2) is 27.1 Å². The first-order valence-corrected chi connectivity index (χ1v) is 8.88. The van der Waals surface area contributed by atoms with Crippen LogP contribution in [-0.2, 0) is 0 Å². The zero-order valence-corrected chi connectivity index (χ0v) is 13.6. The van der Waals surface area contributed by atoms with Gasteiger partial charge in [-0.15, -0.1) is 11.3 Å². The molecule has 5 nitrogen and oxygen atoms in total. The molecule has 0 atom stereocenters.